The van der Waals surface area contributed by atoms with Crippen LogP contribution in [0.5, 0.6) is 0 Å². The topological polar surface area (TPSA) is 84.2 Å². The van der Waals surface area contributed by atoms with Crippen LogP contribution in [0.15, 0.2) is 33.7 Å². The molecule has 0 atom stereocenters. The Morgan fingerprint density at radius 2 is 1.77 bits per heavy atom. The first-order chi connectivity index (χ1) is 9.44. The van der Waals surface area contributed by atoms with E-state index in [1.165, 1.54) is 0 Å². The zero-order valence-corrected chi connectivity index (χ0v) is 15.4. The molecule has 0 spiro atoms. The SMILES string of the molecule is CCNc1ccc(S(=O)(=O)Nc2onc(C)c2C)cc1.[BH4-].[Na+]. The monoisotopic (exact) mass is 333 g/mol. The molecule has 1 aromatic carbocycles. The van der Waals surface area contributed by atoms with E-state index in [2.05, 4.69) is 15.2 Å². The molecule has 6 nitrogen and oxygen atoms in total. The van der Waals surface area contributed by atoms with Crippen LogP contribution in [-0.4, -0.2) is 28.5 Å². The van der Waals surface area contributed by atoms with Crippen LogP contribution >= 0.6 is 0 Å². The van der Waals surface area contributed by atoms with Crippen molar-refractivity contribution in [3.8, 4) is 0 Å². The normalized spacial score (nSPS) is 10.3. The second-order valence-corrected chi connectivity index (χ2v) is 6.06. The van der Waals surface area contributed by atoms with E-state index >= 15 is 0 Å². The Labute approximate surface area is 155 Å². The molecule has 0 saturated carbocycles. The number of rotatable bonds is 5. The molecule has 1 aromatic heterocycles. The van der Waals surface area contributed by atoms with Gasteiger partial charge < -0.3 is 9.84 Å². The molecule has 116 valence electrons. The molecule has 0 fully saturated rings. The third-order valence-corrected chi connectivity index (χ3v) is 4.28. The van der Waals surface area contributed by atoms with Gasteiger partial charge in [0.05, 0.1) is 10.6 Å². The van der Waals surface area contributed by atoms with Crippen molar-refractivity contribution >= 4 is 30.0 Å². The molecule has 0 unspecified atom stereocenters. The molecule has 0 aliphatic rings. The van der Waals surface area contributed by atoms with Crippen LogP contribution in [0.25, 0.3) is 0 Å². The van der Waals surface area contributed by atoms with Gasteiger partial charge in [0.15, 0.2) is 0 Å². The van der Waals surface area contributed by atoms with Crippen molar-refractivity contribution in [1.29, 1.82) is 0 Å². The average Bonchev–Trinajstić information content (AvgIpc) is 2.71. The van der Waals surface area contributed by atoms with Crippen molar-refractivity contribution in [3.63, 3.8) is 0 Å². The van der Waals surface area contributed by atoms with E-state index in [1.54, 1.807) is 38.1 Å². The predicted octanol–water partition coefficient (Wildman–Crippen LogP) is -1.92. The zero-order chi connectivity index (χ0) is 14.8. The quantitative estimate of drug-likeness (QED) is 0.623. The molecule has 9 heteroatoms. The number of sulfonamides is 1. The summed E-state index contributed by atoms with van der Waals surface area (Å²) < 4.78 is 31.8. The molecule has 2 rings (SSSR count). The van der Waals surface area contributed by atoms with E-state index in [9.17, 15) is 8.42 Å². The number of benzene rings is 1. The molecule has 0 aliphatic carbocycles. The fourth-order valence-corrected chi connectivity index (χ4v) is 2.69. The van der Waals surface area contributed by atoms with Gasteiger partial charge in [-0.05, 0) is 45.0 Å². The second-order valence-electron chi connectivity index (χ2n) is 4.38. The predicted molar refractivity (Wildman–Crippen MR) is 88.7 cm³/mol. The van der Waals surface area contributed by atoms with Crippen LogP contribution in [0.1, 0.15) is 18.2 Å². The summed E-state index contributed by atoms with van der Waals surface area (Å²) >= 11 is 0. The summed E-state index contributed by atoms with van der Waals surface area (Å²) in [6.45, 7) is 6.25. The molecule has 0 aliphatic heterocycles. The van der Waals surface area contributed by atoms with Gasteiger partial charge in [0, 0.05) is 17.8 Å². The fourth-order valence-electron chi connectivity index (χ4n) is 1.65. The maximum absolute atomic E-state index is 12.2. The van der Waals surface area contributed by atoms with Crippen molar-refractivity contribution in [3.05, 3.63) is 35.5 Å². The molecule has 0 bridgehead atoms. The summed E-state index contributed by atoms with van der Waals surface area (Å²) in [7, 11) is -3.67. The first-order valence-electron chi connectivity index (χ1n) is 6.23. The number of hydrogen-bond acceptors (Lipinski definition) is 5. The minimum Gasteiger partial charge on any atom is -0.385 e. The largest absolute Gasteiger partial charge is 1.00 e. The van der Waals surface area contributed by atoms with Crippen LogP contribution in [0.2, 0.25) is 0 Å². The number of hydrogen-bond donors (Lipinski definition) is 2. The Balaban J connectivity index is 0.00000220. The molecule has 2 aromatic rings. The Morgan fingerprint density at radius 1 is 1.18 bits per heavy atom. The van der Waals surface area contributed by atoms with Crippen LogP contribution < -0.4 is 39.6 Å². The summed E-state index contributed by atoms with van der Waals surface area (Å²) in [4.78, 5) is 0.174. The Morgan fingerprint density at radius 3 is 2.23 bits per heavy atom. The number of aryl methyl sites for hydroxylation is 1. The fraction of sp³-hybridized carbons (Fsp3) is 0.308. The van der Waals surface area contributed by atoms with Gasteiger partial charge in [-0.15, -0.1) is 0 Å². The van der Waals surface area contributed by atoms with E-state index in [0.717, 1.165) is 12.2 Å². The molecular weight excluding hydrogens is 312 g/mol. The van der Waals surface area contributed by atoms with Crippen molar-refractivity contribution < 1.29 is 42.5 Å². The van der Waals surface area contributed by atoms with Gasteiger partial charge in [-0.3, -0.25) is 0 Å². The van der Waals surface area contributed by atoms with Crippen LogP contribution in [0, 0.1) is 13.8 Å². The van der Waals surface area contributed by atoms with Gasteiger partial charge in [0.25, 0.3) is 10.0 Å². The van der Waals surface area contributed by atoms with E-state index in [4.69, 9.17) is 4.52 Å². The number of anilines is 2. The molecule has 1 heterocycles. The minimum atomic E-state index is -3.67. The average molecular weight is 333 g/mol. The summed E-state index contributed by atoms with van der Waals surface area (Å²) in [6, 6.07) is 6.52. The third-order valence-electron chi connectivity index (χ3n) is 2.93. The van der Waals surface area contributed by atoms with Gasteiger partial charge in [-0.2, -0.15) is 0 Å². The number of nitrogens with one attached hydrogen (secondary N) is 2. The first kappa shape index (κ1) is 21.0. The Kier molecular flexibility index (Phi) is 8.24. The van der Waals surface area contributed by atoms with Crippen LogP contribution in [0.4, 0.5) is 11.6 Å². The third kappa shape index (κ3) is 4.77. The molecular formula is C13H21BN3NaO3S. The minimum absolute atomic E-state index is 0. The van der Waals surface area contributed by atoms with E-state index in [-0.39, 0.29) is 48.7 Å². The molecule has 22 heavy (non-hydrogen) atoms. The Hall–Kier alpha value is -0.955. The van der Waals surface area contributed by atoms with Gasteiger partial charge in [-0.1, -0.05) is 13.6 Å². The van der Waals surface area contributed by atoms with Gasteiger partial charge in [0.1, 0.15) is 0 Å². The first-order valence-corrected chi connectivity index (χ1v) is 7.72. The van der Waals surface area contributed by atoms with Gasteiger partial charge >= 0.3 is 29.6 Å². The smallest absolute Gasteiger partial charge is 0.385 e. The zero-order valence-electron chi connectivity index (χ0n) is 12.6. The van der Waals surface area contributed by atoms with Gasteiger partial charge in [0.2, 0.25) is 5.88 Å². The second kappa shape index (κ2) is 8.62. The van der Waals surface area contributed by atoms with Crippen molar-refractivity contribution in [2.24, 2.45) is 0 Å². The molecule has 0 radical (unpaired) electrons. The van der Waals surface area contributed by atoms with Crippen LogP contribution in [-0.2, 0) is 10.0 Å². The molecule has 2 N–H and O–H groups in total. The summed E-state index contributed by atoms with van der Waals surface area (Å²) in [5.74, 6) is 0.151. The summed E-state index contributed by atoms with van der Waals surface area (Å²) in [5, 5.41) is 6.83. The number of nitrogens with zero attached hydrogens (tertiary/aromatic N) is 1. The Bertz CT molecular complexity index is 702. The van der Waals surface area contributed by atoms with Gasteiger partial charge in [-0.25, -0.2) is 13.1 Å². The van der Waals surface area contributed by atoms with E-state index < -0.39 is 10.0 Å². The number of aromatic nitrogens is 1. The van der Waals surface area contributed by atoms with Crippen LogP contribution in [0.3, 0.4) is 0 Å². The van der Waals surface area contributed by atoms with Crippen molar-refractivity contribution in [1.82, 2.24) is 5.16 Å². The standard InChI is InChI=1S/C13H17N3O3S.BH4.Na/c1-4-14-11-5-7-12(8-6-11)20(17,18)16-13-9(2)10(3)15-19-13;;/h5-8,14,16H,4H2,1-3H3;1H4;/q;-1;+1. The van der Waals surface area contributed by atoms with E-state index in [1.807, 2.05) is 6.92 Å². The molecule has 0 saturated heterocycles. The van der Waals surface area contributed by atoms with E-state index in [0.29, 0.717) is 11.3 Å². The summed E-state index contributed by atoms with van der Waals surface area (Å²) in [5.41, 5.74) is 2.21. The van der Waals surface area contributed by atoms with Crippen molar-refractivity contribution in [2.45, 2.75) is 25.7 Å². The maximum Gasteiger partial charge on any atom is 1.00 e. The molecule has 0 amide bonds. The van der Waals surface area contributed by atoms with Crippen molar-refractivity contribution in [2.75, 3.05) is 16.6 Å². The summed E-state index contributed by atoms with van der Waals surface area (Å²) in [6.07, 6.45) is 0. The maximum atomic E-state index is 12.2.